The van der Waals surface area contributed by atoms with E-state index < -0.39 is 37.2 Å². The maximum atomic E-state index is 12.8. The van der Waals surface area contributed by atoms with Crippen molar-refractivity contribution in [1.82, 2.24) is 4.31 Å². The number of nitrogens with one attached hydrogen (secondary N) is 1. The number of nitrogens with zero attached hydrogens (tertiary/aromatic N) is 3. The van der Waals surface area contributed by atoms with E-state index in [9.17, 15) is 33.4 Å². The van der Waals surface area contributed by atoms with Gasteiger partial charge in [0.1, 0.15) is 0 Å². The monoisotopic (exact) mass is 448 g/mol. The lowest BCUT2D eigenvalue weighted by molar-refractivity contribution is -0.394. The van der Waals surface area contributed by atoms with Gasteiger partial charge in [0, 0.05) is 30.9 Å². The van der Waals surface area contributed by atoms with Crippen LogP contribution in [-0.4, -0.2) is 41.6 Å². The molecule has 31 heavy (non-hydrogen) atoms. The number of carbonyl (C=O) groups excluding carboxylic acids is 1. The zero-order valence-corrected chi connectivity index (χ0v) is 17.4. The minimum Gasteiger partial charge on any atom is -0.322 e. The summed E-state index contributed by atoms with van der Waals surface area (Å²) in [5.74, 6) is -0.520. The van der Waals surface area contributed by atoms with Gasteiger partial charge in [-0.25, -0.2) is 8.42 Å². The van der Waals surface area contributed by atoms with E-state index in [0.29, 0.717) is 13.1 Å². The number of carbonyl (C=O) groups is 1. The fraction of sp³-hybridized carbons (Fsp3) is 0.316. The summed E-state index contributed by atoms with van der Waals surface area (Å²) in [6.45, 7) is 2.90. The summed E-state index contributed by atoms with van der Waals surface area (Å²) >= 11 is 0. The van der Waals surface area contributed by atoms with Gasteiger partial charge in [-0.05, 0) is 43.0 Å². The zero-order valence-electron chi connectivity index (χ0n) is 16.6. The van der Waals surface area contributed by atoms with Gasteiger partial charge in [-0.1, -0.05) is 6.92 Å². The molecule has 1 aliphatic rings. The Labute approximate surface area is 178 Å². The maximum Gasteiger partial charge on any atom is 0.277 e. The molecule has 2 aromatic rings. The van der Waals surface area contributed by atoms with Crippen molar-refractivity contribution in [1.29, 1.82) is 0 Å². The average molecular weight is 448 g/mol. The van der Waals surface area contributed by atoms with Crippen LogP contribution < -0.4 is 5.32 Å². The fourth-order valence-electron chi connectivity index (χ4n) is 3.36. The smallest absolute Gasteiger partial charge is 0.277 e. The van der Waals surface area contributed by atoms with Gasteiger partial charge in [0.15, 0.2) is 0 Å². The van der Waals surface area contributed by atoms with E-state index >= 15 is 0 Å². The molecule has 0 saturated carbocycles. The molecule has 1 atom stereocenters. The lowest BCUT2D eigenvalue weighted by Crippen LogP contribution is -2.39. The van der Waals surface area contributed by atoms with Crippen molar-refractivity contribution < 1.29 is 23.1 Å². The number of piperidine rings is 1. The molecule has 0 spiro atoms. The van der Waals surface area contributed by atoms with Crippen molar-refractivity contribution in [2.24, 2.45) is 5.92 Å². The average Bonchev–Trinajstić information content (AvgIpc) is 2.73. The highest BCUT2D eigenvalue weighted by Crippen LogP contribution is 2.26. The van der Waals surface area contributed by atoms with E-state index in [4.69, 9.17) is 0 Å². The van der Waals surface area contributed by atoms with Crippen molar-refractivity contribution in [2.45, 2.75) is 24.7 Å². The van der Waals surface area contributed by atoms with Crippen LogP contribution in [0.3, 0.4) is 0 Å². The number of rotatable bonds is 6. The van der Waals surface area contributed by atoms with Crippen LogP contribution in [0.15, 0.2) is 47.4 Å². The van der Waals surface area contributed by atoms with Crippen LogP contribution in [0.1, 0.15) is 30.1 Å². The van der Waals surface area contributed by atoms with Crippen molar-refractivity contribution in [3.8, 4) is 0 Å². The molecular weight excluding hydrogens is 428 g/mol. The van der Waals surface area contributed by atoms with Crippen LogP contribution >= 0.6 is 0 Å². The molecule has 164 valence electrons. The predicted molar refractivity (Wildman–Crippen MR) is 111 cm³/mol. The highest BCUT2D eigenvalue weighted by atomic mass is 32.2. The molecule has 0 aromatic heterocycles. The molecule has 1 fully saturated rings. The second-order valence-electron chi connectivity index (χ2n) is 7.34. The van der Waals surface area contributed by atoms with E-state index in [0.717, 1.165) is 31.0 Å². The Balaban J connectivity index is 1.79. The molecule has 12 heteroatoms. The van der Waals surface area contributed by atoms with Crippen molar-refractivity contribution >= 4 is 33.0 Å². The fourth-order valence-corrected chi connectivity index (χ4v) is 4.96. The maximum absolute atomic E-state index is 12.8. The summed E-state index contributed by atoms with van der Waals surface area (Å²) in [4.78, 5) is 32.8. The van der Waals surface area contributed by atoms with E-state index in [1.165, 1.54) is 28.6 Å². The first-order chi connectivity index (χ1) is 14.6. The molecule has 1 N–H and O–H groups in total. The van der Waals surface area contributed by atoms with Gasteiger partial charge in [-0.3, -0.25) is 25.0 Å². The number of nitro benzene ring substituents is 2. The van der Waals surface area contributed by atoms with Gasteiger partial charge in [-0.2, -0.15) is 4.31 Å². The first-order valence-corrected chi connectivity index (χ1v) is 10.9. The standard InChI is InChI=1S/C19H20N4O7S/c1-13-3-2-8-21(12-13)31(29,30)18-6-4-15(5-7-18)20-19(24)14-9-16(22(25)26)11-17(10-14)23(27)28/h4-7,9-11,13H,2-3,8,12H2,1H3,(H,20,24). The predicted octanol–water partition coefficient (Wildman–Crippen LogP) is 3.18. The third-order valence-electron chi connectivity index (χ3n) is 4.96. The van der Waals surface area contributed by atoms with Gasteiger partial charge < -0.3 is 5.32 Å². The van der Waals surface area contributed by atoms with E-state index in [2.05, 4.69) is 5.32 Å². The van der Waals surface area contributed by atoms with Gasteiger partial charge in [0.05, 0.1) is 26.4 Å². The lowest BCUT2D eigenvalue weighted by Gasteiger charge is -2.30. The number of hydrogen-bond donors (Lipinski definition) is 1. The van der Waals surface area contributed by atoms with Crippen LogP contribution in [0.5, 0.6) is 0 Å². The van der Waals surface area contributed by atoms with Crippen molar-refractivity contribution in [3.05, 3.63) is 68.3 Å². The van der Waals surface area contributed by atoms with E-state index in [1.807, 2.05) is 6.92 Å². The largest absolute Gasteiger partial charge is 0.322 e. The minimum absolute atomic E-state index is 0.0885. The molecular formula is C19H20N4O7S. The number of anilines is 1. The normalized spacial score (nSPS) is 17.1. The lowest BCUT2D eigenvalue weighted by atomic mass is 10.0. The molecule has 0 radical (unpaired) electrons. The Hall–Kier alpha value is -3.38. The minimum atomic E-state index is -3.65. The molecule has 3 rings (SSSR count). The quantitative estimate of drug-likeness (QED) is 0.526. The third-order valence-corrected chi connectivity index (χ3v) is 6.84. The summed E-state index contributed by atoms with van der Waals surface area (Å²) in [6, 6.07) is 8.13. The van der Waals surface area contributed by atoms with Crippen LogP contribution in [0, 0.1) is 26.1 Å². The number of amides is 1. The highest BCUT2D eigenvalue weighted by molar-refractivity contribution is 7.89. The molecule has 0 aliphatic carbocycles. The molecule has 1 aliphatic heterocycles. The van der Waals surface area contributed by atoms with E-state index in [1.54, 1.807) is 0 Å². The van der Waals surface area contributed by atoms with Crippen molar-refractivity contribution in [2.75, 3.05) is 18.4 Å². The highest BCUT2D eigenvalue weighted by Gasteiger charge is 2.28. The Kier molecular flexibility index (Phi) is 6.32. The molecule has 1 saturated heterocycles. The van der Waals surface area contributed by atoms with E-state index in [-0.39, 0.29) is 22.1 Å². The summed E-state index contributed by atoms with van der Waals surface area (Å²) in [5.41, 5.74) is -1.20. The Morgan fingerprint density at radius 2 is 1.65 bits per heavy atom. The number of benzene rings is 2. The number of sulfonamides is 1. The SMILES string of the molecule is CC1CCCN(S(=O)(=O)c2ccc(NC(=O)c3cc([N+](=O)[O-])cc([N+](=O)[O-])c3)cc2)C1. The van der Waals surface area contributed by atoms with Crippen molar-refractivity contribution in [3.63, 3.8) is 0 Å². The summed E-state index contributed by atoms with van der Waals surface area (Å²) in [6.07, 6.45) is 1.77. The number of non-ortho nitro benzene ring substituents is 2. The summed E-state index contributed by atoms with van der Waals surface area (Å²) in [7, 11) is -3.65. The molecule has 11 nitrogen and oxygen atoms in total. The van der Waals surface area contributed by atoms with Crippen LogP contribution in [0.4, 0.5) is 17.1 Å². The number of nitro groups is 2. The Morgan fingerprint density at radius 1 is 1.06 bits per heavy atom. The van der Waals surface area contributed by atoms with Gasteiger partial charge in [0.2, 0.25) is 10.0 Å². The van der Waals surface area contributed by atoms with Crippen LogP contribution in [0.25, 0.3) is 0 Å². The molecule has 2 aromatic carbocycles. The van der Waals surface area contributed by atoms with Crippen LogP contribution in [0.2, 0.25) is 0 Å². The third kappa shape index (κ3) is 5.03. The zero-order chi connectivity index (χ0) is 22.8. The summed E-state index contributed by atoms with van der Waals surface area (Å²) < 4.78 is 27.0. The second kappa shape index (κ2) is 8.78. The molecule has 1 heterocycles. The molecule has 1 amide bonds. The van der Waals surface area contributed by atoms with Gasteiger partial charge in [-0.15, -0.1) is 0 Å². The molecule has 0 bridgehead atoms. The number of hydrogen-bond acceptors (Lipinski definition) is 7. The molecule has 1 unspecified atom stereocenters. The van der Waals surface area contributed by atoms with Crippen LogP contribution in [-0.2, 0) is 10.0 Å². The van der Waals surface area contributed by atoms with Gasteiger partial charge in [0.25, 0.3) is 17.3 Å². The Bertz CT molecular complexity index is 1100. The second-order valence-corrected chi connectivity index (χ2v) is 9.28. The first kappa shape index (κ1) is 22.3. The summed E-state index contributed by atoms with van der Waals surface area (Å²) in [5, 5.41) is 24.4. The topological polar surface area (TPSA) is 153 Å². The first-order valence-electron chi connectivity index (χ1n) is 9.43. The van der Waals surface area contributed by atoms with Gasteiger partial charge >= 0.3 is 0 Å². The Morgan fingerprint density at radius 3 is 2.16 bits per heavy atom.